The number of nitrogens with zero attached hydrogens (tertiary/aromatic N) is 1. The number of anilines is 1. The largest absolute Gasteiger partial charge is 0.493 e. The fourth-order valence-electron chi connectivity index (χ4n) is 3.01. The summed E-state index contributed by atoms with van der Waals surface area (Å²) in [6, 6.07) is 24.5. The highest BCUT2D eigenvalue weighted by molar-refractivity contribution is 5.93. The van der Waals surface area contributed by atoms with E-state index in [0.717, 1.165) is 16.8 Å². The van der Waals surface area contributed by atoms with E-state index in [1.165, 1.54) is 0 Å². The molecule has 3 aromatic carbocycles. The first-order valence-electron chi connectivity index (χ1n) is 9.50. The van der Waals surface area contributed by atoms with Gasteiger partial charge in [-0.05, 0) is 35.4 Å². The van der Waals surface area contributed by atoms with Gasteiger partial charge in [0.1, 0.15) is 6.61 Å². The molecule has 150 valence electrons. The Labute approximate surface area is 171 Å². The first kappa shape index (κ1) is 20.4. The summed E-state index contributed by atoms with van der Waals surface area (Å²) in [6.45, 7) is 0.447. The third-order valence-electron chi connectivity index (χ3n) is 4.77. The Balaban J connectivity index is 1.66. The zero-order valence-electron chi connectivity index (χ0n) is 16.7. The highest BCUT2D eigenvalue weighted by atomic mass is 16.5. The number of hydrogen-bond donors (Lipinski definition) is 1. The molecule has 0 aliphatic carbocycles. The molecule has 0 saturated carbocycles. The van der Waals surface area contributed by atoms with E-state index in [4.69, 9.17) is 15.2 Å². The number of methoxy groups -OCH3 is 1. The van der Waals surface area contributed by atoms with E-state index in [1.807, 2.05) is 78.9 Å². The molecule has 0 heterocycles. The Morgan fingerprint density at radius 2 is 1.62 bits per heavy atom. The molecule has 1 atom stereocenters. The predicted molar refractivity (Wildman–Crippen MR) is 115 cm³/mol. The second kappa shape index (κ2) is 9.75. The lowest BCUT2D eigenvalue weighted by molar-refractivity contribution is -0.118. The monoisotopic (exact) mass is 390 g/mol. The summed E-state index contributed by atoms with van der Waals surface area (Å²) in [5.74, 6) is 1.19. The zero-order valence-corrected chi connectivity index (χ0v) is 16.7. The molecule has 0 fully saturated rings. The minimum Gasteiger partial charge on any atom is -0.493 e. The Morgan fingerprint density at radius 1 is 0.966 bits per heavy atom. The highest BCUT2D eigenvalue weighted by Crippen LogP contribution is 2.31. The van der Waals surface area contributed by atoms with Gasteiger partial charge in [-0.15, -0.1) is 0 Å². The molecule has 3 aromatic rings. The van der Waals surface area contributed by atoms with Crippen molar-refractivity contribution in [2.75, 3.05) is 19.1 Å². The van der Waals surface area contributed by atoms with Crippen LogP contribution in [0, 0.1) is 0 Å². The van der Waals surface area contributed by atoms with Crippen LogP contribution in [0.3, 0.4) is 0 Å². The Morgan fingerprint density at radius 3 is 2.28 bits per heavy atom. The first-order valence-corrected chi connectivity index (χ1v) is 9.50. The molecule has 1 amide bonds. The molecule has 0 aromatic heterocycles. The van der Waals surface area contributed by atoms with Gasteiger partial charge in [-0.1, -0.05) is 54.6 Å². The third-order valence-corrected chi connectivity index (χ3v) is 4.77. The summed E-state index contributed by atoms with van der Waals surface area (Å²) in [5.41, 5.74) is 9.04. The number of nitrogens with two attached hydrogens (primary N) is 1. The van der Waals surface area contributed by atoms with Crippen molar-refractivity contribution in [3.8, 4) is 11.5 Å². The van der Waals surface area contributed by atoms with E-state index >= 15 is 0 Å². The molecular weight excluding hydrogens is 364 g/mol. The summed E-state index contributed by atoms with van der Waals surface area (Å²) in [5, 5.41) is 0. The number of hydrogen-bond acceptors (Lipinski definition) is 4. The molecule has 1 unspecified atom stereocenters. The van der Waals surface area contributed by atoms with Gasteiger partial charge in [-0.25, -0.2) is 0 Å². The third kappa shape index (κ3) is 5.36. The van der Waals surface area contributed by atoms with Gasteiger partial charge in [0, 0.05) is 25.2 Å². The van der Waals surface area contributed by atoms with E-state index in [0.29, 0.717) is 18.1 Å². The zero-order chi connectivity index (χ0) is 20.6. The fourth-order valence-corrected chi connectivity index (χ4v) is 3.01. The quantitative estimate of drug-likeness (QED) is 0.622. The first-order chi connectivity index (χ1) is 14.1. The van der Waals surface area contributed by atoms with Gasteiger partial charge in [0.2, 0.25) is 5.91 Å². The van der Waals surface area contributed by atoms with Gasteiger partial charge in [-0.3, -0.25) is 4.79 Å². The summed E-state index contributed by atoms with van der Waals surface area (Å²) < 4.78 is 11.4. The Hall–Kier alpha value is -3.31. The lowest BCUT2D eigenvalue weighted by Gasteiger charge is -2.20. The highest BCUT2D eigenvalue weighted by Gasteiger charge is 2.18. The van der Waals surface area contributed by atoms with Gasteiger partial charge in [0.05, 0.1) is 7.11 Å². The lowest BCUT2D eigenvalue weighted by atomic mass is 10.0. The maximum absolute atomic E-state index is 12.6. The molecule has 0 spiro atoms. The number of rotatable bonds is 8. The van der Waals surface area contributed by atoms with Gasteiger partial charge in [0.15, 0.2) is 11.5 Å². The minimum atomic E-state index is -0.439. The molecule has 29 heavy (non-hydrogen) atoms. The number of benzene rings is 3. The van der Waals surface area contributed by atoms with Crippen molar-refractivity contribution in [3.63, 3.8) is 0 Å². The minimum absolute atomic E-state index is 0.0490. The number of carbonyl (C=O) groups excluding carboxylic acids is 1. The maximum Gasteiger partial charge on any atom is 0.228 e. The van der Waals surface area contributed by atoms with Crippen molar-refractivity contribution in [2.24, 2.45) is 5.73 Å². The summed E-state index contributed by atoms with van der Waals surface area (Å²) >= 11 is 0. The molecule has 5 heteroatoms. The molecule has 0 saturated heterocycles. The topological polar surface area (TPSA) is 64.8 Å². The molecule has 2 N–H and O–H groups in total. The normalized spacial score (nSPS) is 11.6. The fraction of sp³-hybridized carbons (Fsp3) is 0.208. The average molecular weight is 390 g/mol. The molecule has 5 nitrogen and oxygen atoms in total. The van der Waals surface area contributed by atoms with Crippen molar-refractivity contribution in [1.29, 1.82) is 0 Å². The van der Waals surface area contributed by atoms with Crippen molar-refractivity contribution in [1.82, 2.24) is 0 Å². The van der Waals surface area contributed by atoms with E-state index in [1.54, 1.807) is 19.1 Å². The SMILES string of the molecule is COc1cc(C(N)CC(=O)N(C)c2ccccc2)ccc1OCc1ccccc1. The van der Waals surface area contributed by atoms with Gasteiger partial charge >= 0.3 is 0 Å². The van der Waals surface area contributed by atoms with Crippen molar-refractivity contribution < 1.29 is 14.3 Å². The van der Waals surface area contributed by atoms with Crippen LogP contribution >= 0.6 is 0 Å². The van der Waals surface area contributed by atoms with Crippen molar-refractivity contribution >= 4 is 11.6 Å². The van der Waals surface area contributed by atoms with E-state index in [9.17, 15) is 4.79 Å². The van der Waals surface area contributed by atoms with Crippen LogP contribution < -0.4 is 20.1 Å². The van der Waals surface area contributed by atoms with Crippen LogP contribution in [-0.4, -0.2) is 20.1 Å². The van der Waals surface area contributed by atoms with Gasteiger partial charge < -0.3 is 20.1 Å². The van der Waals surface area contributed by atoms with Crippen LogP contribution in [-0.2, 0) is 11.4 Å². The molecule has 0 aliphatic heterocycles. The number of ether oxygens (including phenoxy) is 2. The predicted octanol–water partition coefficient (Wildman–Crippen LogP) is 4.33. The average Bonchev–Trinajstić information content (AvgIpc) is 2.78. The van der Waals surface area contributed by atoms with E-state index < -0.39 is 6.04 Å². The Bertz CT molecular complexity index is 929. The molecule has 3 rings (SSSR count). The number of para-hydroxylation sites is 1. The van der Waals surface area contributed by atoms with Crippen LogP contribution in [0.4, 0.5) is 5.69 Å². The second-order valence-electron chi connectivity index (χ2n) is 6.78. The van der Waals surface area contributed by atoms with Crippen molar-refractivity contribution in [2.45, 2.75) is 19.1 Å². The summed E-state index contributed by atoms with van der Waals surface area (Å²) in [6.07, 6.45) is 0.193. The second-order valence-corrected chi connectivity index (χ2v) is 6.78. The maximum atomic E-state index is 12.6. The van der Waals surface area contributed by atoms with Crippen molar-refractivity contribution in [3.05, 3.63) is 90.0 Å². The van der Waals surface area contributed by atoms with Crippen LogP contribution in [0.5, 0.6) is 11.5 Å². The Kier molecular flexibility index (Phi) is 6.87. The molecule has 0 bridgehead atoms. The van der Waals surface area contributed by atoms with Gasteiger partial charge in [-0.2, -0.15) is 0 Å². The number of amides is 1. The lowest BCUT2D eigenvalue weighted by Crippen LogP contribution is -2.29. The van der Waals surface area contributed by atoms with Gasteiger partial charge in [0.25, 0.3) is 0 Å². The smallest absolute Gasteiger partial charge is 0.228 e. The standard InChI is InChI=1S/C24H26N2O3/c1-26(20-11-7-4-8-12-20)24(27)16-21(25)19-13-14-22(23(15-19)28-2)29-17-18-9-5-3-6-10-18/h3-15,21H,16-17,25H2,1-2H3. The molecular formula is C24H26N2O3. The molecule has 0 aliphatic rings. The molecule has 0 radical (unpaired) electrons. The van der Waals surface area contributed by atoms with Crippen LogP contribution in [0.15, 0.2) is 78.9 Å². The van der Waals surface area contributed by atoms with Crippen LogP contribution in [0.25, 0.3) is 0 Å². The summed E-state index contributed by atoms with van der Waals surface area (Å²) in [7, 11) is 3.35. The van der Waals surface area contributed by atoms with Crippen LogP contribution in [0.2, 0.25) is 0 Å². The van der Waals surface area contributed by atoms with E-state index in [-0.39, 0.29) is 12.3 Å². The van der Waals surface area contributed by atoms with Crippen LogP contribution in [0.1, 0.15) is 23.6 Å². The van der Waals surface area contributed by atoms with E-state index in [2.05, 4.69) is 0 Å². The number of carbonyl (C=O) groups is 1. The summed E-state index contributed by atoms with van der Waals surface area (Å²) in [4.78, 5) is 14.2.